The van der Waals surface area contributed by atoms with Crippen LogP contribution in [0.2, 0.25) is 0 Å². The van der Waals surface area contributed by atoms with Crippen LogP contribution in [0.1, 0.15) is 29.8 Å². The summed E-state index contributed by atoms with van der Waals surface area (Å²) < 4.78 is 0.928. The Hall–Kier alpha value is -0.870. The van der Waals surface area contributed by atoms with Gasteiger partial charge in [-0.15, -0.1) is 0 Å². The first-order chi connectivity index (χ1) is 8.25. The third-order valence-electron chi connectivity index (χ3n) is 2.85. The maximum Gasteiger partial charge on any atom is 0.253 e. The summed E-state index contributed by atoms with van der Waals surface area (Å²) in [6.07, 6.45) is 0. The van der Waals surface area contributed by atoms with Crippen LogP contribution in [0, 0.1) is 12.3 Å². The summed E-state index contributed by atoms with van der Waals surface area (Å²) in [6, 6.07) is 5.74. The lowest BCUT2D eigenvalue weighted by Crippen LogP contribution is -2.39. The Bertz CT molecular complexity index is 423. The molecule has 0 fully saturated rings. The second-order valence-electron chi connectivity index (χ2n) is 5.55. The molecule has 0 aliphatic heterocycles. The van der Waals surface area contributed by atoms with Gasteiger partial charge < -0.3 is 10.6 Å². The third kappa shape index (κ3) is 4.10. The van der Waals surface area contributed by atoms with E-state index in [0.717, 1.165) is 10.0 Å². The Labute approximate surface area is 117 Å². The van der Waals surface area contributed by atoms with Crippen LogP contribution < -0.4 is 5.73 Å². The largest absolute Gasteiger partial charge is 0.341 e. The number of hydrogen-bond donors (Lipinski definition) is 1. The quantitative estimate of drug-likeness (QED) is 0.929. The molecule has 3 nitrogen and oxygen atoms in total. The number of nitrogens with zero attached hydrogens (tertiary/aromatic N) is 1. The lowest BCUT2D eigenvalue weighted by Gasteiger charge is -2.29. The van der Waals surface area contributed by atoms with Crippen LogP contribution in [-0.2, 0) is 0 Å². The van der Waals surface area contributed by atoms with E-state index in [-0.39, 0.29) is 11.3 Å². The highest BCUT2D eigenvalue weighted by atomic mass is 79.9. The van der Waals surface area contributed by atoms with E-state index < -0.39 is 0 Å². The van der Waals surface area contributed by atoms with E-state index >= 15 is 0 Å². The van der Waals surface area contributed by atoms with Gasteiger partial charge in [0.2, 0.25) is 0 Å². The molecular weight excluding hydrogens is 292 g/mol. The maximum atomic E-state index is 12.3. The molecule has 100 valence electrons. The highest BCUT2D eigenvalue weighted by Crippen LogP contribution is 2.19. The number of carbonyl (C=O) groups is 1. The predicted molar refractivity (Wildman–Crippen MR) is 78.7 cm³/mol. The second kappa shape index (κ2) is 5.85. The van der Waals surface area contributed by atoms with Crippen LogP contribution >= 0.6 is 15.9 Å². The van der Waals surface area contributed by atoms with Crippen LogP contribution in [0.15, 0.2) is 22.7 Å². The van der Waals surface area contributed by atoms with Gasteiger partial charge in [-0.05, 0) is 42.6 Å². The van der Waals surface area contributed by atoms with Crippen LogP contribution in [0.4, 0.5) is 0 Å². The minimum absolute atomic E-state index is 0.0286. The minimum Gasteiger partial charge on any atom is -0.341 e. The van der Waals surface area contributed by atoms with Gasteiger partial charge in [0.1, 0.15) is 0 Å². The van der Waals surface area contributed by atoms with E-state index in [1.807, 2.05) is 32.2 Å². The summed E-state index contributed by atoms with van der Waals surface area (Å²) in [5.41, 5.74) is 7.41. The number of amides is 1. The standard InChI is InChI=1S/C14H21BrN2O/c1-10-5-11(7-12(15)6-10)13(18)17(4)9-14(2,3)8-16/h5-7H,8-9,16H2,1-4H3. The lowest BCUT2D eigenvalue weighted by molar-refractivity contribution is 0.0740. The predicted octanol–water partition coefficient (Wildman–Crippen LogP) is 2.81. The third-order valence-corrected chi connectivity index (χ3v) is 3.31. The van der Waals surface area contributed by atoms with E-state index in [4.69, 9.17) is 5.73 Å². The molecule has 2 N–H and O–H groups in total. The maximum absolute atomic E-state index is 12.3. The van der Waals surface area contributed by atoms with Crippen molar-refractivity contribution in [2.45, 2.75) is 20.8 Å². The van der Waals surface area contributed by atoms with E-state index in [9.17, 15) is 4.79 Å². The van der Waals surface area contributed by atoms with Gasteiger partial charge in [0.15, 0.2) is 0 Å². The van der Waals surface area contributed by atoms with Crippen LogP contribution in [0.5, 0.6) is 0 Å². The number of rotatable bonds is 4. The van der Waals surface area contributed by atoms with Crippen molar-refractivity contribution in [2.24, 2.45) is 11.1 Å². The Morgan fingerprint density at radius 2 is 2.00 bits per heavy atom. The average molecular weight is 313 g/mol. The van der Waals surface area contributed by atoms with Gasteiger partial charge in [-0.1, -0.05) is 29.8 Å². The number of benzene rings is 1. The Morgan fingerprint density at radius 1 is 1.39 bits per heavy atom. The molecule has 0 saturated heterocycles. The highest BCUT2D eigenvalue weighted by molar-refractivity contribution is 9.10. The minimum atomic E-state index is -0.0640. The molecule has 0 atom stereocenters. The summed E-state index contributed by atoms with van der Waals surface area (Å²) in [7, 11) is 1.82. The molecule has 0 spiro atoms. The molecule has 0 aromatic heterocycles. The molecule has 1 rings (SSSR count). The first-order valence-electron chi connectivity index (χ1n) is 5.98. The molecule has 0 bridgehead atoms. The number of halogens is 1. The normalized spacial score (nSPS) is 11.4. The monoisotopic (exact) mass is 312 g/mol. The topological polar surface area (TPSA) is 46.3 Å². The fourth-order valence-corrected chi connectivity index (χ4v) is 2.47. The summed E-state index contributed by atoms with van der Waals surface area (Å²) in [6.45, 7) is 7.30. The molecule has 0 aliphatic carbocycles. The van der Waals surface area contributed by atoms with E-state index in [1.165, 1.54) is 0 Å². The Morgan fingerprint density at radius 3 is 2.50 bits per heavy atom. The average Bonchev–Trinajstić information content (AvgIpc) is 2.26. The SMILES string of the molecule is Cc1cc(Br)cc(C(=O)N(C)CC(C)(C)CN)c1. The van der Waals surface area contributed by atoms with E-state index in [2.05, 4.69) is 29.8 Å². The van der Waals surface area contributed by atoms with Crippen molar-refractivity contribution in [3.05, 3.63) is 33.8 Å². The van der Waals surface area contributed by atoms with Gasteiger partial charge in [0.05, 0.1) is 0 Å². The summed E-state index contributed by atoms with van der Waals surface area (Å²) in [5, 5.41) is 0. The van der Waals surface area contributed by atoms with Gasteiger partial charge in [0.25, 0.3) is 5.91 Å². The van der Waals surface area contributed by atoms with E-state index in [0.29, 0.717) is 18.7 Å². The van der Waals surface area contributed by atoms with Gasteiger partial charge in [-0.3, -0.25) is 4.79 Å². The number of carbonyl (C=O) groups excluding carboxylic acids is 1. The summed E-state index contributed by atoms with van der Waals surface area (Å²) >= 11 is 3.41. The van der Waals surface area contributed by atoms with Crippen molar-refractivity contribution < 1.29 is 4.79 Å². The molecule has 1 aromatic carbocycles. The second-order valence-corrected chi connectivity index (χ2v) is 6.46. The van der Waals surface area contributed by atoms with Crippen LogP contribution in [0.3, 0.4) is 0 Å². The first kappa shape index (κ1) is 15.2. The highest BCUT2D eigenvalue weighted by Gasteiger charge is 2.22. The summed E-state index contributed by atoms with van der Waals surface area (Å²) in [4.78, 5) is 14.0. The Kier molecular flexibility index (Phi) is 4.93. The van der Waals surface area contributed by atoms with Crippen molar-refractivity contribution >= 4 is 21.8 Å². The van der Waals surface area contributed by atoms with Crippen molar-refractivity contribution in [2.75, 3.05) is 20.1 Å². The fraction of sp³-hybridized carbons (Fsp3) is 0.500. The molecule has 1 amide bonds. The number of aryl methyl sites for hydroxylation is 1. The molecular formula is C14H21BrN2O. The van der Waals surface area contributed by atoms with Gasteiger partial charge >= 0.3 is 0 Å². The lowest BCUT2D eigenvalue weighted by atomic mass is 9.93. The molecule has 18 heavy (non-hydrogen) atoms. The van der Waals surface area contributed by atoms with Gasteiger partial charge in [-0.25, -0.2) is 0 Å². The number of nitrogens with two attached hydrogens (primary N) is 1. The molecule has 4 heteroatoms. The molecule has 0 heterocycles. The van der Waals surface area contributed by atoms with Crippen molar-refractivity contribution in [3.8, 4) is 0 Å². The van der Waals surface area contributed by atoms with Crippen LogP contribution in [-0.4, -0.2) is 30.9 Å². The summed E-state index contributed by atoms with van der Waals surface area (Å²) in [5.74, 6) is 0.0286. The van der Waals surface area contributed by atoms with Gasteiger partial charge in [0, 0.05) is 23.6 Å². The van der Waals surface area contributed by atoms with Crippen molar-refractivity contribution in [1.29, 1.82) is 0 Å². The Balaban J connectivity index is 2.87. The molecule has 0 aliphatic rings. The smallest absolute Gasteiger partial charge is 0.253 e. The molecule has 1 aromatic rings. The number of hydrogen-bond acceptors (Lipinski definition) is 2. The van der Waals surface area contributed by atoms with Crippen molar-refractivity contribution in [1.82, 2.24) is 4.90 Å². The van der Waals surface area contributed by atoms with Gasteiger partial charge in [-0.2, -0.15) is 0 Å². The van der Waals surface area contributed by atoms with Crippen LogP contribution in [0.25, 0.3) is 0 Å². The zero-order chi connectivity index (χ0) is 13.9. The molecule has 0 unspecified atom stereocenters. The molecule has 0 saturated carbocycles. The van der Waals surface area contributed by atoms with Crippen molar-refractivity contribution in [3.63, 3.8) is 0 Å². The molecule has 0 radical (unpaired) electrons. The zero-order valence-corrected chi connectivity index (χ0v) is 13.0. The zero-order valence-electron chi connectivity index (χ0n) is 11.5. The van der Waals surface area contributed by atoms with E-state index in [1.54, 1.807) is 4.90 Å². The first-order valence-corrected chi connectivity index (χ1v) is 6.77. The fourth-order valence-electron chi connectivity index (χ4n) is 1.86.